The van der Waals surface area contributed by atoms with Crippen molar-refractivity contribution in [1.29, 1.82) is 0 Å². The molecule has 0 amide bonds. The van der Waals surface area contributed by atoms with E-state index in [4.69, 9.17) is 15.5 Å². The third-order valence-corrected chi connectivity index (χ3v) is 8.51. The molecule has 3 aliphatic rings. The molecule has 2 aliphatic carbocycles. The number of H-pyrrole nitrogens is 1. The summed E-state index contributed by atoms with van der Waals surface area (Å²) in [5.74, 6) is 0.0953. The van der Waals surface area contributed by atoms with Gasteiger partial charge in [0.1, 0.15) is 17.0 Å². The molecule has 2 saturated carbocycles. The highest BCUT2D eigenvalue weighted by molar-refractivity contribution is 6.15. The molecule has 0 unspecified atom stereocenters. The summed E-state index contributed by atoms with van der Waals surface area (Å²) in [5, 5.41) is 3.49. The molecule has 2 bridgehead atoms. The SMILES string of the molecule is CNc1cc(F)c(F)c2c1[nH]c1nc(Oc3cnc4c(c3)ncn4CC3CC3)nc(N3C[C@H]4C[C@@H]3C[C@H]4N)c12. The third kappa shape index (κ3) is 3.54. The number of piperidine rings is 1. The van der Waals surface area contributed by atoms with Crippen LogP contribution in [0.1, 0.15) is 25.7 Å². The molecule has 0 spiro atoms. The maximum absolute atomic E-state index is 15.3. The number of nitrogens with two attached hydrogens (primary N) is 1. The quantitative estimate of drug-likeness (QED) is 0.296. The molecule has 200 valence electrons. The van der Waals surface area contributed by atoms with Gasteiger partial charge in [-0.05, 0) is 37.5 Å². The van der Waals surface area contributed by atoms with Crippen molar-refractivity contribution in [3.63, 3.8) is 0 Å². The molecule has 4 aromatic heterocycles. The van der Waals surface area contributed by atoms with Gasteiger partial charge < -0.3 is 30.2 Å². The first-order chi connectivity index (χ1) is 19.0. The molecule has 39 heavy (non-hydrogen) atoms. The maximum Gasteiger partial charge on any atom is 0.326 e. The van der Waals surface area contributed by atoms with E-state index in [2.05, 4.69) is 34.7 Å². The van der Waals surface area contributed by atoms with Crippen LogP contribution >= 0.6 is 0 Å². The lowest BCUT2D eigenvalue weighted by Crippen LogP contribution is -2.41. The van der Waals surface area contributed by atoms with Gasteiger partial charge in [0.2, 0.25) is 0 Å². The smallest absolute Gasteiger partial charge is 0.326 e. The Labute approximate surface area is 221 Å². The number of pyridine rings is 1. The summed E-state index contributed by atoms with van der Waals surface area (Å²) in [6.07, 6.45) is 7.69. The van der Waals surface area contributed by atoms with Crippen LogP contribution in [0, 0.1) is 23.5 Å². The second-order valence-corrected chi connectivity index (χ2v) is 11.1. The molecule has 10 nitrogen and oxygen atoms in total. The summed E-state index contributed by atoms with van der Waals surface area (Å²) in [5.41, 5.74) is 9.05. The van der Waals surface area contributed by atoms with E-state index in [9.17, 15) is 4.39 Å². The number of hydrogen-bond donors (Lipinski definition) is 3. The van der Waals surface area contributed by atoms with E-state index in [0.717, 1.165) is 36.6 Å². The number of anilines is 2. The van der Waals surface area contributed by atoms with E-state index in [-0.39, 0.29) is 23.5 Å². The van der Waals surface area contributed by atoms with Gasteiger partial charge >= 0.3 is 6.01 Å². The van der Waals surface area contributed by atoms with Crippen molar-refractivity contribution in [2.75, 3.05) is 23.8 Å². The maximum atomic E-state index is 15.3. The zero-order valence-corrected chi connectivity index (χ0v) is 21.3. The lowest BCUT2D eigenvalue weighted by Gasteiger charge is -2.31. The molecule has 3 fully saturated rings. The Morgan fingerprint density at radius 2 is 2.03 bits per heavy atom. The Morgan fingerprint density at radius 1 is 1.15 bits per heavy atom. The lowest BCUT2D eigenvalue weighted by molar-refractivity contribution is 0.439. The average molecular weight is 532 g/mol. The van der Waals surface area contributed by atoms with Gasteiger partial charge in [0.15, 0.2) is 23.0 Å². The van der Waals surface area contributed by atoms with Crippen molar-refractivity contribution in [2.45, 2.75) is 44.3 Å². The number of aromatic nitrogens is 6. The van der Waals surface area contributed by atoms with Crippen molar-refractivity contribution in [2.24, 2.45) is 17.6 Å². The molecule has 3 atom stereocenters. The topological polar surface area (TPSA) is 123 Å². The minimum Gasteiger partial charge on any atom is -0.422 e. The summed E-state index contributed by atoms with van der Waals surface area (Å²) in [7, 11) is 1.66. The van der Waals surface area contributed by atoms with Crippen LogP contribution < -0.4 is 20.7 Å². The van der Waals surface area contributed by atoms with Crippen LogP contribution in [0.15, 0.2) is 24.7 Å². The van der Waals surface area contributed by atoms with Crippen LogP contribution in [0.25, 0.3) is 33.1 Å². The molecule has 12 heteroatoms. The summed E-state index contributed by atoms with van der Waals surface area (Å²) in [6.45, 7) is 1.60. The van der Waals surface area contributed by atoms with Gasteiger partial charge in [-0.2, -0.15) is 9.97 Å². The van der Waals surface area contributed by atoms with Crippen molar-refractivity contribution in [3.05, 3.63) is 36.3 Å². The molecular weight excluding hydrogens is 504 g/mol. The number of fused-ring (bicyclic) bond motifs is 6. The van der Waals surface area contributed by atoms with Crippen LogP contribution in [0.2, 0.25) is 0 Å². The van der Waals surface area contributed by atoms with Crippen molar-refractivity contribution in [1.82, 2.24) is 29.5 Å². The predicted molar refractivity (Wildman–Crippen MR) is 143 cm³/mol. The molecule has 0 radical (unpaired) electrons. The van der Waals surface area contributed by atoms with E-state index in [1.807, 2.05) is 12.4 Å². The van der Waals surface area contributed by atoms with Gasteiger partial charge in [-0.15, -0.1) is 0 Å². The zero-order valence-electron chi connectivity index (χ0n) is 21.3. The van der Waals surface area contributed by atoms with Crippen molar-refractivity contribution in [3.8, 4) is 11.8 Å². The Balaban J connectivity index is 1.25. The minimum atomic E-state index is -0.940. The number of nitrogens with zero attached hydrogens (tertiary/aromatic N) is 6. The third-order valence-electron chi connectivity index (χ3n) is 8.51. The summed E-state index contributed by atoms with van der Waals surface area (Å²) in [6, 6.07) is 3.33. The second kappa shape index (κ2) is 8.22. The van der Waals surface area contributed by atoms with Crippen LogP contribution in [0.3, 0.4) is 0 Å². The van der Waals surface area contributed by atoms with E-state index in [0.29, 0.717) is 52.2 Å². The van der Waals surface area contributed by atoms with Crippen molar-refractivity contribution < 1.29 is 13.5 Å². The zero-order chi connectivity index (χ0) is 26.4. The number of imidazole rings is 1. The standard InChI is InChI=1S/C27H27F2N9O/c1-31-18-7-16(28)22(29)20-21-24(34-23(18)20)35-27(36-26(21)38-10-13-4-14(38)5-17(13)30)39-15-6-19-25(32-8-15)37(11-33-19)9-12-2-3-12/h6-8,11-14,17,31H,2-5,9-10,30H2,1H3,(H,34,35,36)/t13-,14-,17-/m1/s1. The number of rotatable bonds is 6. The number of ether oxygens (including phenoxy) is 1. The van der Waals surface area contributed by atoms with E-state index in [1.165, 1.54) is 12.8 Å². The number of nitrogens with one attached hydrogen (secondary N) is 2. The fourth-order valence-electron chi connectivity index (χ4n) is 6.37. The van der Waals surface area contributed by atoms with Gasteiger partial charge in [0.05, 0.1) is 34.5 Å². The number of halogens is 2. The van der Waals surface area contributed by atoms with Gasteiger partial charge in [-0.3, -0.25) is 0 Å². The monoisotopic (exact) mass is 531 g/mol. The first-order valence-corrected chi connectivity index (χ1v) is 13.4. The van der Waals surface area contributed by atoms with E-state index in [1.54, 1.807) is 13.2 Å². The highest BCUT2D eigenvalue weighted by Gasteiger charge is 2.44. The molecule has 1 aliphatic heterocycles. The highest BCUT2D eigenvalue weighted by atomic mass is 19.2. The summed E-state index contributed by atoms with van der Waals surface area (Å²) in [4.78, 5) is 23.8. The Morgan fingerprint density at radius 3 is 2.77 bits per heavy atom. The molecular formula is C27H27F2N9O. The van der Waals surface area contributed by atoms with Crippen LogP contribution in [0.5, 0.6) is 11.8 Å². The fourth-order valence-corrected chi connectivity index (χ4v) is 6.37. The van der Waals surface area contributed by atoms with Crippen molar-refractivity contribution >= 4 is 44.6 Å². The number of aromatic amines is 1. The van der Waals surface area contributed by atoms with Gasteiger partial charge in [-0.25, -0.2) is 18.7 Å². The number of benzene rings is 1. The van der Waals surface area contributed by atoms with E-state index < -0.39 is 11.6 Å². The van der Waals surface area contributed by atoms with Crippen LogP contribution in [-0.4, -0.2) is 55.2 Å². The Hall–Kier alpha value is -4.06. The first-order valence-electron chi connectivity index (χ1n) is 13.4. The second-order valence-electron chi connectivity index (χ2n) is 11.1. The highest BCUT2D eigenvalue weighted by Crippen LogP contribution is 2.45. The summed E-state index contributed by atoms with van der Waals surface area (Å²) >= 11 is 0. The normalized spacial score (nSPS) is 22.6. The molecule has 1 aromatic carbocycles. The van der Waals surface area contributed by atoms with Gasteiger partial charge in [0.25, 0.3) is 0 Å². The molecule has 5 heterocycles. The van der Waals surface area contributed by atoms with Gasteiger partial charge in [-0.1, -0.05) is 0 Å². The molecule has 8 rings (SSSR count). The number of hydrogen-bond acceptors (Lipinski definition) is 8. The summed E-state index contributed by atoms with van der Waals surface area (Å²) < 4.78 is 38.1. The molecule has 4 N–H and O–H groups in total. The predicted octanol–water partition coefficient (Wildman–Crippen LogP) is 4.30. The molecule has 1 saturated heterocycles. The lowest BCUT2D eigenvalue weighted by atomic mass is 10.0. The van der Waals surface area contributed by atoms with Crippen LogP contribution in [0.4, 0.5) is 20.3 Å². The Kier molecular flexibility index (Phi) is 4.82. The largest absolute Gasteiger partial charge is 0.422 e. The average Bonchev–Trinajstić information content (AvgIpc) is 3.23. The molecule has 5 aromatic rings. The van der Waals surface area contributed by atoms with Crippen LogP contribution in [-0.2, 0) is 6.54 Å². The first kappa shape index (κ1) is 22.9. The Bertz CT molecular complexity index is 1780. The van der Waals surface area contributed by atoms with E-state index >= 15 is 4.39 Å². The fraction of sp³-hybridized carbons (Fsp3) is 0.407. The van der Waals surface area contributed by atoms with Gasteiger partial charge in [0, 0.05) is 44.4 Å². The minimum absolute atomic E-state index is 0.0848.